The number of hydrogen-bond donors (Lipinski definition) is 2. The van der Waals surface area contributed by atoms with Crippen LogP contribution >= 0.6 is 0 Å². The van der Waals surface area contributed by atoms with E-state index in [4.69, 9.17) is 10.2 Å². The predicted octanol–water partition coefficient (Wildman–Crippen LogP) is 1.08. The summed E-state index contributed by atoms with van der Waals surface area (Å²) < 4.78 is 0. The fraction of sp³-hybridized carbons (Fsp3) is 0.750. The molecular formula is C8H16O2. The Morgan fingerprint density at radius 2 is 1.50 bits per heavy atom. The van der Waals surface area contributed by atoms with Gasteiger partial charge in [-0.25, -0.2) is 0 Å². The Bertz CT molecular complexity index is 97.8. The zero-order chi connectivity index (χ0) is 8.15. The molecule has 2 N–H and O–H groups in total. The molecule has 0 aliphatic heterocycles. The van der Waals surface area contributed by atoms with Gasteiger partial charge in [-0.3, -0.25) is 0 Å². The second kappa shape index (κ2) is 4.47. The Morgan fingerprint density at radius 3 is 1.70 bits per heavy atom. The van der Waals surface area contributed by atoms with E-state index in [0.717, 1.165) is 0 Å². The van der Waals surface area contributed by atoms with Crippen molar-refractivity contribution in [3.8, 4) is 0 Å². The van der Waals surface area contributed by atoms with Crippen molar-refractivity contribution in [3.63, 3.8) is 0 Å². The van der Waals surface area contributed by atoms with Crippen molar-refractivity contribution < 1.29 is 10.2 Å². The molecule has 2 nitrogen and oxygen atoms in total. The normalized spacial score (nSPS) is 16.4. The lowest BCUT2D eigenvalue weighted by Crippen LogP contribution is -2.19. The van der Waals surface area contributed by atoms with E-state index >= 15 is 0 Å². The first-order valence-electron chi connectivity index (χ1n) is 3.68. The molecule has 0 saturated heterocycles. The first-order valence-corrected chi connectivity index (χ1v) is 3.68. The van der Waals surface area contributed by atoms with Crippen molar-refractivity contribution in [1.29, 1.82) is 0 Å². The van der Waals surface area contributed by atoms with Gasteiger partial charge in [-0.15, -0.1) is 0 Å². The number of hydrogen-bond acceptors (Lipinski definition) is 2. The third kappa shape index (κ3) is 2.50. The fourth-order valence-electron chi connectivity index (χ4n) is 0.746. The molecule has 0 aliphatic carbocycles. The number of aliphatic hydroxyl groups is 2. The molecule has 0 rings (SSSR count). The summed E-state index contributed by atoms with van der Waals surface area (Å²) in [6, 6.07) is 0. The third-order valence-corrected chi connectivity index (χ3v) is 1.63. The topological polar surface area (TPSA) is 40.5 Å². The summed E-state index contributed by atoms with van der Waals surface area (Å²) in [6.07, 6.45) is 0.149. The van der Waals surface area contributed by atoms with E-state index in [2.05, 4.69) is 6.58 Å². The van der Waals surface area contributed by atoms with Gasteiger partial charge in [0.2, 0.25) is 0 Å². The summed E-state index contributed by atoms with van der Waals surface area (Å²) in [6.45, 7) is 7.31. The van der Waals surface area contributed by atoms with Crippen LogP contribution in [0.5, 0.6) is 0 Å². The van der Waals surface area contributed by atoms with E-state index in [1.54, 1.807) is 0 Å². The first-order chi connectivity index (χ1) is 4.63. The molecule has 0 spiro atoms. The molecule has 0 amide bonds. The molecule has 0 aromatic rings. The highest BCUT2D eigenvalue weighted by Gasteiger charge is 2.12. The number of rotatable bonds is 4. The average Bonchev–Trinajstić information content (AvgIpc) is 2.00. The standard InChI is InChI=1S/C8H16O2/c1-4-7(9)6(3)8(10)5-2/h7-10H,3-5H2,1-2H3. The second-order valence-electron chi connectivity index (χ2n) is 2.42. The molecule has 2 heteroatoms. The van der Waals surface area contributed by atoms with Crippen molar-refractivity contribution in [2.75, 3.05) is 0 Å². The van der Waals surface area contributed by atoms with Gasteiger partial charge in [0.15, 0.2) is 0 Å². The zero-order valence-electron chi connectivity index (χ0n) is 6.67. The van der Waals surface area contributed by atoms with Gasteiger partial charge in [-0.05, 0) is 18.4 Å². The fourth-order valence-corrected chi connectivity index (χ4v) is 0.746. The van der Waals surface area contributed by atoms with Crippen LogP contribution in [0.3, 0.4) is 0 Å². The Hall–Kier alpha value is -0.340. The third-order valence-electron chi connectivity index (χ3n) is 1.63. The van der Waals surface area contributed by atoms with Crippen LogP contribution in [0.4, 0.5) is 0 Å². The van der Waals surface area contributed by atoms with Crippen LogP contribution < -0.4 is 0 Å². The number of aliphatic hydroxyl groups excluding tert-OH is 2. The molecular weight excluding hydrogens is 128 g/mol. The highest BCUT2D eigenvalue weighted by molar-refractivity contribution is 5.06. The largest absolute Gasteiger partial charge is 0.389 e. The van der Waals surface area contributed by atoms with Crippen molar-refractivity contribution in [2.45, 2.75) is 38.9 Å². The molecule has 2 unspecified atom stereocenters. The minimum absolute atomic E-state index is 0.532. The average molecular weight is 144 g/mol. The summed E-state index contributed by atoms with van der Waals surface area (Å²) in [5.74, 6) is 0. The van der Waals surface area contributed by atoms with Gasteiger partial charge >= 0.3 is 0 Å². The van der Waals surface area contributed by atoms with Crippen molar-refractivity contribution >= 4 is 0 Å². The summed E-state index contributed by atoms with van der Waals surface area (Å²) in [7, 11) is 0. The van der Waals surface area contributed by atoms with Gasteiger partial charge < -0.3 is 10.2 Å². The summed E-state index contributed by atoms with van der Waals surface area (Å²) in [4.78, 5) is 0. The molecule has 0 saturated carbocycles. The summed E-state index contributed by atoms with van der Waals surface area (Å²) in [5.41, 5.74) is 0.532. The minimum Gasteiger partial charge on any atom is -0.389 e. The van der Waals surface area contributed by atoms with Gasteiger partial charge in [0.25, 0.3) is 0 Å². The Balaban J connectivity index is 3.82. The van der Waals surface area contributed by atoms with E-state index in [1.807, 2.05) is 13.8 Å². The Morgan fingerprint density at radius 1 is 1.20 bits per heavy atom. The van der Waals surface area contributed by atoms with Crippen LogP contribution in [0.1, 0.15) is 26.7 Å². The van der Waals surface area contributed by atoms with Gasteiger partial charge in [0.05, 0.1) is 12.2 Å². The maximum absolute atomic E-state index is 9.17. The first kappa shape index (κ1) is 9.66. The molecule has 10 heavy (non-hydrogen) atoms. The lowest BCUT2D eigenvalue weighted by Gasteiger charge is -2.15. The van der Waals surface area contributed by atoms with E-state index in [-0.39, 0.29) is 0 Å². The van der Waals surface area contributed by atoms with E-state index in [9.17, 15) is 0 Å². The predicted molar refractivity (Wildman–Crippen MR) is 41.7 cm³/mol. The van der Waals surface area contributed by atoms with E-state index < -0.39 is 12.2 Å². The smallest absolute Gasteiger partial charge is 0.0769 e. The molecule has 0 aliphatic rings. The molecule has 0 fully saturated rings. The van der Waals surface area contributed by atoms with Crippen LogP contribution in [-0.4, -0.2) is 22.4 Å². The monoisotopic (exact) mass is 144 g/mol. The molecule has 0 aromatic carbocycles. The van der Waals surface area contributed by atoms with Crippen LogP contribution in [0.2, 0.25) is 0 Å². The van der Waals surface area contributed by atoms with E-state index in [1.165, 1.54) is 0 Å². The molecule has 0 heterocycles. The molecule has 2 atom stereocenters. The highest BCUT2D eigenvalue weighted by atomic mass is 16.3. The quantitative estimate of drug-likeness (QED) is 0.580. The molecule has 0 radical (unpaired) electrons. The molecule has 0 aromatic heterocycles. The van der Waals surface area contributed by atoms with Crippen LogP contribution in [0.25, 0.3) is 0 Å². The van der Waals surface area contributed by atoms with Crippen LogP contribution in [0.15, 0.2) is 12.2 Å². The SMILES string of the molecule is C=C(C(O)CC)C(O)CC. The van der Waals surface area contributed by atoms with Crippen LogP contribution in [-0.2, 0) is 0 Å². The molecule has 0 bridgehead atoms. The lowest BCUT2D eigenvalue weighted by atomic mass is 10.0. The Labute approximate surface area is 62.2 Å². The Kier molecular flexibility index (Phi) is 4.32. The lowest BCUT2D eigenvalue weighted by molar-refractivity contribution is 0.139. The van der Waals surface area contributed by atoms with Crippen molar-refractivity contribution in [2.24, 2.45) is 0 Å². The minimum atomic E-state index is -0.546. The maximum Gasteiger partial charge on any atom is 0.0769 e. The van der Waals surface area contributed by atoms with Crippen molar-refractivity contribution in [1.82, 2.24) is 0 Å². The highest BCUT2D eigenvalue weighted by Crippen LogP contribution is 2.10. The maximum atomic E-state index is 9.17. The van der Waals surface area contributed by atoms with Gasteiger partial charge in [-0.2, -0.15) is 0 Å². The van der Waals surface area contributed by atoms with Gasteiger partial charge in [-0.1, -0.05) is 20.4 Å². The van der Waals surface area contributed by atoms with Crippen molar-refractivity contribution in [3.05, 3.63) is 12.2 Å². The molecule has 60 valence electrons. The van der Waals surface area contributed by atoms with Crippen LogP contribution in [0, 0.1) is 0 Å². The van der Waals surface area contributed by atoms with Gasteiger partial charge in [0.1, 0.15) is 0 Å². The second-order valence-corrected chi connectivity index (χ2v) is 2.42. The van der Waals surface area contributed by atoms with Gasteiger partial charge in [0, 0.05) is 0 Å². The summed E-state index contributed by atoms with van der Waals surface area (Å²) in [5, 5.41) is 18.3. The van der Waals surface area contributed by atoms with E-state index in [0.29, 0.717) is 18.4 Å². The zero-order valence-corrected chi connectivity index (χ0v) is 6.67. The summed E-state index contributed by atoms with van der Waals surface area (Å²) >= 11 is 0.